The van der Waals surface area contributed by atoms with Crippen LogP contribution < -0.4 is 15.4 Å². The summed E-state index contributed by atoms with van der Waals surface area (Å²) >= 11 is 11.9. The van der Waals surface area contributed by atoms with Gasteiger partial charge in [-0.05, 0) is 48.6 Å². The predicted molar refractivity (Wildman–Crippen MR) is 121 cm³/mol. The van der Waals surface area contributed by atoms with Gasteiger partial charge in [0.15, 0.2) is 10.2 Å². The van der Waals surface area contributed by atoms with E-state index in [-0.39, 0.29) is 25.7 Å². The number of benzene rings is 2. The van der Waals surface area contributed by atoms with Gasteiger partial charge in [-0.1, -0.05) is 11.6 Å². The molecule has 10 nitrogen and oxygen atoms in total. The first-order valence-electron chi connectivity index (χ1n) is 8.24. The minimum atomic E-state index is -3.80. The highest BCUT2D eigenvalue weighted by molar-refractivity contribution is 7.93. The van der Waals surface area contributed by atoms with Crippen LogP contribution in [0.25, 0.3) is 0 Å². The van der Waals surface area contributed by atoms with Crippen LogP contribution in [-0.4, -0.2) is 29.3 Å². The van der Waals surface area contributed by atoms with E-state index in [1.165, 1.54) is 42.6 Å². The van der Waals surface area contributed by atoms with Gasteiger partial charge in [0.25, 0.3) is 21.6 Å². The van der Waals surface area contributed by atoms with E-state index < -0.39 is 26.5 Å². The highest BCUT2D eigenvalue weighted by atomic mass is 35.5. The fraction of sp³-hybridized carbons (Fsp3) is 0. The Morgan fingerprint density at radius 1 is 1.19 bits per heavy atom. The van der Waals surface area contributed by atoms with Gasteiger partial charge in [0.05, 0.1) is 9.82 Å². The van der Waals surface area contributed by atoms with Crippen LogP contribution in [0.5, 0.6) is 0 Å². The molecule has 0 unspecified atom stereocenters. The van der Waals surface area contributed by atoms with Crippen LogP contribution in [0.4, 0.5) is 16.5 Å². The van der Waals surface area contributed by atoms with Gasteiger partial charge in [0.2, 0.25) is 0 Å². The molecule has 14 heteroatoms. The maximum absolute atomic E-state index is 12.3. The number of carbonyl (C=O) groups is 1. The molecule has 3 N–H and O–H groups in total. The average Bonchev–Trinajstić information content (AvgIpc) is 3.20. The van der Waals surface area contributed by atoms with Crippen LogP contribution in [0, 0.1) is 10.1 Å². The number of halogens is 1. The van der Waals surface area contributed by atoms with Crippen molar-refractivity contribution in [3.8, 4) is 0 Å². The summed E-state index contributed by atoms with van der Waals surface area (Å²) in [6.45, 7) is 0. The Morgan fingerprint density at radius 3 is 2.52 bits per heavy atom. The Hall–Kier alpha value is -3.13. The lowest BCUT2D eigenvalue weighted by Gasteiger charge is -2.11. The first-order valence-corrected chi connectivity index (χ1v) is 11.4. The lowest BCUT2D eigenvalue weighted by atomic mass is 10.2. The van der Waals surface area contributed by atoms with Crippen molar-refractivity contribution in [2.24, 2.45) is 0 Å². The molecule has 1 heterocycles. The highest BCUT2D eigenvalue weighted by Gasteiger charge is 2.18. The molecule has 0 bridgehead atoms. The van der Waals surface area contributed by atoms with Crippen LogP contribution in [0.3, 0.4) is 0 Å². The van der Waals surface area contributed by atoms with E-state index >= 15 is 0 Å². The number of thiocarbonyl (C=S) groups is 1. The molecule has 0 spiro atoms. The molecule has 3 aromatic rings. The van der Waals surface area contributed by atoms with E-state index in [1.807, 2.05) is 0 Å². The number of rotatable bonds is 6. The van der Waals surface area contributed by atoms with Crippen molar-refractivity contribution in [2.45, 2.75) is 4.90 Å². The Bertz CT molecular complexity index is 1250. The fourth-order valence-electron chi connectivity index (χ4n) is 2.30. The second-order valence-electron chi connectivity index (χ2n) is 5.80. The summed E-state index contributed by atoms with van der Waals surface area (Å²) in [6.07, 6.45) is 1.48. The van der Waals surface area contributed by atoms with Crippen LogP contribution in [0.1, 0.15) is 10.4 Å². The van der Waals surface area contributed by atoms with Gasteiger partial charge >= 0.3 is 0 Å². The predicted octanol–water partition coefficient (Wildman–Crippen LogP) is 3.63. The Kier molecular flexibility index (Phi) is 6.80. The zero-order valence-electron chi connectivity index (χ0n) is 15.2. The van der Waals surface area contributed by atoms with Gasteiger partial charge in [-0.3, -0.25) is 24.9 Å². The zero-order valence-corrected chi connectivity index (χ0v) is 18.4. The van der Waals surface area contributed by atoms with Crippen molar-refractivity contribution in [1.29, 1.82) is 0 Å². The van der Waals surface area contributed by atoms with Gasteiger partial charge in [0.1, 0.15) is 5.02 Å². The minimum absolute atomic E-state index is 0.00467. The van der Waals surface area contributed by atoms with Crippen molar-refractivity contribution in [1.82, 2.24) is 10.3 Å². The van der Waals surface area contributed by atoms with Crippen molar-refractivity contribution in [3.05, 3.63) is 74.7 Å². The van der Waals surface area contributed by atoms with E-state index in [0.717, 1.165) is 17.4 Å². The number of anilines is 2. The number of hydrogen-bond donors (Lipinski definition) is 3. The molecule has 160 valence electrons. The van der Waals surface area contributed by atoms with E-state index in [0.29, 0.717) is 5.69 Å². The van der Waals surface area contributed by atoms with Crippen molar-refractivity contribution < 1.29 is 18.1 Å². The van der Waals surface area contributed by atoms with Crippen molar-refractivity contribution in [3.63, 3.8) is 0 Å². The standard InChI is InChI=1S/C17H12ClN5O5S3/c18-13-6-1-10(9-14(13)23(25)26)15(24)21-16(29)20-11-2-4-12(5-3-11)31(27,28)22-17-19-7-8-30-17/h1-9H,(H,19,22)(H2,20,21,24,29). The van der Waals surface area contributed by atoms with Gasteiger partial charge in [0, 0.05) is 28.9 Å². The number of aromatic nitrogens is 1. The van der Waals surface area contributed by atoms with Crippen molar-refractivity contribution in [2.75, 3.05) is 10.0 Å². The van der Waals surface area contributed by atoms with E-state index in [2.05, 4.69) is 20.3 Å². The van der Waals surface area contributed by atoms with Crippen LogP contribution in [-0.2, 0) is 10.0 Å². The maximum Gasteiger partial charge on any atom is 0.288 e. The van der Waals surface area contributed by atoms with Crippen LogP contribution in [0.15, 0.2) is 58.9 Å². The van der Waals surface area contributed by atoms with E-state index in [9.17, 15) is 23.3 Å². The normalized spacial score (nSPS) is 10.9. The number of thiazole rings is 1. The Labute approximate surface area is 190 Å². The van der Waals surface area contributed by atoms with Crippen LogP contribution >= 0.6 is 35.2 Å². The minimum Gasteiger partial charge on any atom is -0.332 e. The summed E-state index contributed by atoms with van der Waals surface area (Å²) in [5, 5.41) is 17.8. The van der Waals surface area contributed by atoms with Crippen LogP contribution in [0.2, 0.25) is 5.02 Å². The molecule has 0 fully saturated rings. The number of sulfonamides is 1. The lowest BCUT2D eigenvalue weighted by Crippen LogP contribution is -2.34. The molecular weight excluding hydrogens is 486 g/mol. The molecule has 0 atom stereocenters. The third kappa shape index (κ3) is 5.73. The number of nitro groups is 1. The molecule has 0 saturated carbocycles. The van der Waals surface area contributed by atoms with Gasteiger partial charge in [-0.15, -0.1) is 11.3 Å². The first-order chi connectivity index (χ1) is 14.7. The average molecular weight is 498 g/mol. The molecule has 1 amide bonds. The maximum atomic E-state index is 12.3. The molecular formula is C17H12ClN5O5S3. The smallest absolute Gasteiger partial charge is 0.288 e. The molecule has 1 aromatic heterocycles. The first kappa shape index (κ1) is 22.6. The Balaban J connectivity index is 1.64. The molecule has 0 aliphatic heterocycles. The summed E-state index contributed by atoms with van der Waals surface area (Å²) in [5.74, 6) is -0.677. The fourth-order valence-corrected chi connectivity index (χ4v) is 4.48. The molecule has 31 heavy (non-hydrogen) atoms. The summed E-state index contributed by atoms with van der Waals surface area (Å²) in [6, 6.07) is 9.22. The largest absolute Gasteiger partial charge is 0.332 e. The summed E-state index contributed by atoms with van der Waals surface area (Å²) in [5.41, 5.74) is 0.00638. The second-order valence-corrected chi connectivity index (χ2v) is 9.19. The topological polar surface area (TPSA) is 143 Å². The quantitative estimate of drug-likeness (QED) is 0.266. The van der Waals surface area contributed by atoms with Gasteiger partial charge < -0.3 is 5.32 Å². The SMILES string of the molecule is O=C(NC(=S)Nc1ccc(S(=O)(=O)Nc2nccs2)cc1)c1ccc(Cl)c([N+](=O)[O-])c1. The molecule has 0 aliphatic rings. The number of hydrogen-bond acceptors (Lipinski definition) is 8. The highest BCUT2D eigenvalue weighted by Crippen LogP contribution is 2.25. The Morgan fingerprint density at radius 2 is 1.90 bits per heavy atom. The number of amides is 1. The van der Waals surface area contributed by atoms with Crippen molar-refractivity contribution >= 4 is 72.7 Å². The molecule has 3 rings (SSSR count). The monoisotopic (exact) mass is 497 g/mol. The molecule has 0 saturated heterocycles. The number of nitrogens with zero attached hydrogens (tertiary/aromatic N) is 2. The zero-order chi connectivity index (χ0) is 22.6. The van der Waals surface area contributed by atoms with Gasteiger partial charge in [-0.25, -0.2) is 13.4 Å². The van der Waals surface area contributed by atoms with E-state index in [1.54, 1.807) is 5.38 Å². The molecule has 2 aromatic carbocycles. The molecule has 0 aliphatic carbocycles. The summed E-state index contributed by atoms with van der Waals surface area (Å²) in [4.78, 5) is 26.4. The number of nitrogens with one attached hydrogen (secondary N) is 3. The molecule has 0 radical (unpaired) electrons. The summed E-state index contributed by atoms with van der Waals surface area (Å²) in [7, 11) is -3.80. The third-order valence-corrected chi connectivity index (χ3v) is 6.40. The lowest BCUT2D eigenvalue weighted by molar-refractivity contribution is -0.384. The van der Waals surface area contributed by atoms with E-state index in [4.69, 9.17) is 23.8 Å². The third-order valence-electron chi connectivity index (χ3n) is 3.71. The van der Waals surface area contributed by atoms with Gasteiger partial charge in [-0.2, -0.15) is 0 Å². The second kappa shape index (κ2) is 9.34. The summed E-state index contributed by atoms with van der Waals surface area (Å²) < 4.78 is 27.0. The number of carbonyl (C=O) groups excluding carboxylic acids is 1. The number of nitro benzene ring substituents is 1.